The third-order valence-corrected chi connectivity index (χ3v) is 5.14. The van der Waals surface area contributed by atoms with Crippen LogP contribution in [0.3, 0.4) is 0 Å². The van der Waals surface area contributed by atoms with E-state index in [1.807, 2.05) is 57.2 Å². The number of morpholine rings is 1. The van der Waals surface area contributed by atoms with Crippen LogP contribution in [0.2, 0.25) is 0 Å². The highest BCUT2D eigenvalue weighted by atomic mass is 16.5. The molecule has 6 heteroatoms. The summed E-state index contributed by atoms with van der Waals surface area (Å²) in [6, 6.07) is 13.8. The second-order valence-electron chi connectivity index (χ2n) is 6.69. The van der Waals surface area contributed by atoms with Gasteiger partial charge in [0.25, 0.3) is 5.91 Å². The summed E-state index contributed by atoms with van der Waals surface area (Å²) in [5.74, 6) is 0.0419. The second kappa shape index (κ2) is 7.33. The third kappa shape index (κ3) is 3.24. The van der Waals surface area contributed by atoms with Crippen molar-refractivity contribution in [3.8, 4) is 0 Å². The molecule has 0 unspecified atom stereocenters. The molecule has 0 aromatic heterocycles. The first kappa shape index (κ1) is 16.8. The molecule has 0 bridgehead atoms. The molecule has 136 valence electrons. The Morgan fingerprint density at radius 1 is 0.731 bits per heavy atom. The van der Waals surface area contributed by atoms with Gasteiger partial charge in [-0.25, -0.2) is 4.79 Å². The summed E-state index contributed by atoms with van der Waals surface area (Å²) in [4.78, 5) is 31.1. The molecule has 0 aliphatic carbocycles. The van der Waals surface area contributed by atoms with Gasteiger partial charge in [0, 0.05) is 44.8 Å². The molecule has 4 rings (SSSR count). The Kier molecular flexibility index (Phi) is 4.75. The molecule has 0 spiro atoms. The Labute approximate surface area is 152 Å². The van der Waals surface area contributed by atoms with E-state index in [9.17, 15) is 9.59 Å². The number of amides is 3. The fraction of sp³-hybridized carbons (Fsp3) is 0.400. The topological polar surface area (TPSA) is 53.1 Å². The Morgan fingerprint density at radius 3 is 2.12 bits per heavy atom. The van der Waals surface area contributed by atoms with Gasteiger partial charge in [0.1, 0.15) is 0 Å². The zero-order chi connectivity index (χ0) is 17.9. The summed E-state index contributed by atoms with van der Waals surface area (Å²) < 4.78 is 5.30. The van der Waals surface area contributed by atoms with E-state index in [1.165, 1.54) is 0 Å². The van der Waals surface area contributed by atoms with Crippen molar-refractivity contribution in [3.63, 3.8) is 0 Å². The van der Waals surface area contributed by atoms with E-state index in [0.29, 0.717) is 52.5 Å². The lowest BCUT2D eigenvalue weighted by Gasteiger charge is -2.38. The fourth-order valence-corrected chi connectivity index (χ4v) is 3.64. The molecule has 6 nitrogen and oxygen atoms in total. The predicted molar refractivity (Wildman–Crippen MR) is 99.2 cm³/mol. The molecule has 26 heavy (non-hydrogen) atoms. The van der Waals surface area contributed by atoms with Crippen LogP contribution in [0.4, 0.5) is 4.79 Å². The molecule has 2 fully saturated rings. The highest BCUT2D eigenvalue weighted by Gasteiger charge is 2.28. The van der Waals surface area contributed by atoms with Gasteiger partial charge in [-0.2, -0.15) is 0 Å². The summed E-state index contributed by atoms with van der Waals surface area (Å²) in [5.41, 5.74) is 0.732. The Balaban J connectivity index is 1.42. The summed E-state index contributed by atoms with van der Waals surface area (Å²) in [6.45, 7) is 4.79. The molecule has 2 saturated heterocycles. The summed E-state index contributed by atoms with van der Waals surface area (Å²) in [6.07, 6.45) is 0. The highest BCUT2D eigenvalue weighted by molar-refractivity contribution is 6.07. The number of ether oxygens (including phenoxy) is 1. The number of piperazine rings is 1. The number of hydrogen-bond donors (Lipinski definition) is 0. The van der Waals surface area contributed by atoms with Crippen molar-refractivity contribution in [3.05, 3.63) is 48.0 Å². The maximum Gasteiger partial charge on any atom is 0.320 e. The number of fused-ring (bicyclic) bond motifs is 1. The number of urea groups is 1. The van der Waals surface area contributed by atoms with Crippen LogP contribution in [0.25, 0.3) is 10.8 Å². The smallest absolute Gasteiger partial charge is 0.320 e. The van der Waals surface area contributed by atoms with Gasteiger partial charge in [-0.05, 0) is 16.8 Å². The third-order valence-electron chi connectivity index (χ3n) is 5.14. The zero-order valence-corrected chi connectivity index (χ0v) is 14.8. The Bertz CT molecular complexity index is 804. The number of nitrogens with zero attached hydrogens (tertiary/aromatic N) is 3. The molecule has 0 saturated carbocycles. The monoisotopic (exact) mass is 353 g/mol. The summed E-state index contributed by atoms with van der Waals surface area (Å²) >= 11 is 0. The number of carbonyl (C=O) groups is 2. The highest BCUT2D eigenvalue weighted by Crippen LogP contribution is 2.21. The molecular formula is C20H23N3O3. The van der Waals surface area contributed by atoms with Crippen LogP contribution in [-0.4, -0.2) is 79.1 Å². The van der Waals surface area contributed by atoms with Crippen molar-refractivity contribution < 1.29 is 14.3 Å². The number of rotatable bonds is 1. The van der Waals surface area contributed by atoms with Gasteiger partial charge >= 0.3 is 6.03 Å². The van der Waals surface area contributed by atoms with Crippen molar-refractivity contribution in [2.24, 2.45) is 0 Å². The number of hydrogen-bond acceptors (Lipinski definition) is 3. The first-order valence-corrected chi connectivity index (χ1v) is 9.13. The first-order valence-electron chi connectivity index (χ1n) is 9.13. The van der Waals surface area contributed by atoms with Crippen molar-refractivity contribution in [2.45, 2.75) is 0 Å². The molecule has 0 N–H and O–H groups in total. The van der Waals surface area contributed by atoms with E-state index in [0.717, 1.165) is 16.3 Å². The minimum Gasteiger partial charge on any atom is -0.378 e. The molecule has 0 radical (unpaired) electrons. The molecule has 3 amide bonds. The quantitative estimate of drug-likeness (QED) is 0.788. The van der Waals surface area contributed by atoms with E-state index >= 15 is 0 Å². The lowest BCUT2D eigenvalue weighted by atomic mass is 10.0. The van der Waals surface area contributed by atoms with Crippen LogP contribution in [-0.2, 0) is 4.74 Å². The van der Waals surface area contributed by atoms with Gasteiger partial charge in [0.05, 0.1) is 13.2 Å². The molecule has 2 heterocycles. The van der Waals surface area contributed by atoms with E-state index < -0.39 is 0 Å². The maximum absolute atomic E-state index is 13.0. The molecule has 2 aromatic carbocycles. The first-order chi connectivity index (χ1) is 12.7. The number of benzene rings is 2. The van der Waals surface area contributed by atoms with Gasteiger partial charge in [0.15, 0.2) is 0 Å². The van der Waals surface area contributed by atoms with E-state index in [2.05, 4.69) is 0 Å². The van der Waals surface area contributed by atoms with Gasteiger partial charge in [-0.15, -0.1) is 0 Å². The molecule has 2 aliphatic rings. The van der Waals surface area contributed by atoms with Crippen molar-refractivity contribution in [1.82, 2.24) is 14.7 Å². The van der Waals surface area contributed by atoms with E-state index in [1.54, 1.807) is 0 Å². The Hall–Kier alpha value is -2.60. The standard InChI is InChI=1S/C20H23N3O3/c24-19(18-7-3-5-16-4-1-2-6-17(16)18)21-8-10-22(11-9-21)20(25)23-12-14-26-15-13-23/h1-7H,8-15H2. The molecule has 2 aliphatic heterocycles. The fourth-order valence-electron chi connectivity index (χ4n) is 3.64. The van der Waals surface area contributed by atoms with Crippen molar-refractivity contribution in [2.75, 3.05) is 52.5 Å². The van der Waals surface area contributed by atoms with Gasteiger partial charge in [-0.3, -0.25) is 4.79 Å². The Morgan fingerprint density at radius 2 is 1.35 bits per heavy atom. The maximum atomic E-state index is 13.0. The van der Waals surface area contributed by atoms with Crippen LogP contribution >= 0.6 is 0 Å². The van der Waals surface area contributed by atoms with Gasteiger partial charge in [-0.1, -0.05) is 36.4 Å². The van der Waals surface area contributed by atoms with E-state index in [4.69, 9.17) is 4.74 Å². The normalized spacial score (nSPS) is 18.2. The lowest BCUT2D eigenvalue weighted by molar-refractivity contribution is 0.0363. The molecular weight excluding hydrogens is 330 g/mol. The SMILES string of the molecule is O=C(c1cccc2ccccc12)N1CCN(C(=O)N2CCOCC2)CC1. The van der Waals surface area contributed by atoms with Crippen molar-refractivity contribution >= 4 is 22.7 Å². The largest absolute Gasteiger partial charge is 0.378 e. The molecule has 2 aromatic rings. The van der Waals surface area contributed by atoms with Crippen LogP contribution in [0, 0.1) is 0 Å². The van der Waals surface area contributed by atoms with Crippen LogP contribution in [0.15, 0.2) is 42.5 Å². The van der Waals surface area contributed by atoms with Gasteiger partial charge in [0.2, 0.25) is 0 Å². The summed E-state index contributed by atoms with van der Waals surface area (Å²) in [7, 11) is 0. The zero-order valence-electron chi connectivity index (χ0n) is 14.8. The average molecular weight is 353 g/mol. The summed E-state index contributed by atoms with van der Waals surface area (Å²) in [5, 5.41) is 2.05. The van der Waals surface area contributed by atoms with Crippen molar-refractivity contribution in [1.29, 1.82) is 0 Å². The lowest BCUT2D eigenvalue weighted by Crippen LogP contribution is -2.55. The minimum atomic E-state index is 0.0419. The minimum absolute atomic E-state index is 0.0419. The average Bonchev–Trinajstić information content (AvgIpc) is 2.73. The van der Waals surface area contributed by atoms with E-state index in [-0.39, 0.29) is 11.9 Å². The predicted octanol–water partition coefficient (Wildman–Crippen LogP) is 2.05. The van der Waals surface area contributed by atoms with Crippen LogP contribution in [0.1, 0.15) is 10.4 Å². The van der Waals surface area contributed by atoms with Gasteiger partial charge < -0.3 is 19.4 Å². The van der Waals surface area contributed by atoms with Crippen LogP contribution in [0.5, 0.6) is 0 Å². The van der Waals surface area contributed by atoms with Crippen LogP contribution < -0.4 is 0 Å². The second-order valence-corrected chi connectivity index (χ2v) is 6.69. The number of carbonyl (C=O) groups excluding carboxylic acids is 2. The molecule has 0 atom stereocenters.